The van der Waals surface area contributed by atoms with E-state index in [1.165, 1.54) is 0 Å². The molecule has 1 aromatic carbocycles. The van der Waals surface area contributed by atoms with Crippen molar-refractivity contribution in [2.75, 3.05) is 12.4 Å². The summed E-state index contributed by atoms with van der Waals surface area (Å²) < 4.78 is 10.2. The van der Waals surface area contributed by atoms with E-state index in [-0.39, 0.29) is 5.91 Å². The maximum atomic E-state index is 12.1. The van der Waals surface area contributed by atoms with E-state index in [1.807, 2.05) is 24.3 Å². The second-order valence-electron chi connectivity index (χ2n) is 4.85. The molecule has 2 aromatic rings. The van der Waals surface area contributed by atoms with Gasteiger partial charge in [-0.1, -0.05) is 22.4 Å². The largest absolute Gasteiger partial charge is 0.496 e. The Kier molecular flexibility index (Phi) is 3.78. The fraction of sp³-hybridized carbons (Fsp3) is 0.267. The molecule has 0 spiro atoms. The van der Waals surface area contributed by atoms with Gasteiger partial charge in [-0.15, -0.1) is 0 Å². The summed E-state index contributed by atoms with van der Waals surface area (Å²) in [6.45, 7) is 1.75. The van der Waals surface area contributed by atoms with Crippen molar-refractivity contribution in [3.8, 4) is 5.75 Å². The first-order chi connectivity index (χ1) is 10.7. The average molecular weight is 301 g/mol. The van der Waals surface area contributed by atoms with Gasteiger partial charge in [-0.3, -0.25) is 4.79 Å². The lowest BCUT2D eigenvalue weighted by atomic mass is 10.0. The van der Waals surface area contributed by atoms with Crippen LogP contribution in [0, 0.1) is 6.92 Å². The zero-order chi connectivity index (χ0) is 15.5. The van der Waals surface area contributed by atoms with Crippen LogP contribution in [0.1, 0.15) is 17.7 Å². The molecule has 7 nitrogen and oxygen atoms in total. The highest BCUT2D eigenvalue weighted by atomic mass is 16.6. The van der Waals surface area contributed by atoms with Gasteiger partial charge in [0.15, 0.2) is 5.82 Å². The molecule has 7 heteroatoms. The first kappa shape index (κ1) is 14.1. The highest BCUT2D eigenvalue weighted by Crippen LogP contribution is 2.25. The molecule has 0 saturated heterocycles. The van der Waals surface area contributed by atoms with Crippen LogP contribution in [0.3, 0.4) is 0 Å². The number of hydrogen-bond acceptors (Lipinski definition) is 6. The predicted octanol–water partition coefficient (Wildman–Crippen LogP) is 2.12. The molecule has 0 bridgehead atoms. The molecular formula is C15H15N3O4. The topological polar surface area (TPSA) is 86.0 Å². The molecule has 2 heterocycles. The van der Waals surface area contributed by atoms with Gasteiger partial charge >= 0.3 is 0 Å². The Morgan fingerprint density at radius 1 is 1.41 bits per heavy atom. The zero-order valence-electron chi connectivity index (χ0n) is 12.2. The van der Waals surface area contributed by atoms with Gasteiger partial charge in [0.1, 0.15) is 11.5 Å². The molecule has 1 atom stereocenters. The molecule has 22 heavy (non-hydrogen) atoms. The molecule has 3 rings (SSSR count). The van der Waals surface area contributed by atoms with E-state index < -0.39 is 6.10 Å². The first-order valence-corrected chi connectivity index (χ1v) is 6.77. The fourth-order valence-electron chi connectivity index (χ4n) is 2.19. The molecule has 1 N–H and O–H groups in total. The minimum atomic E-state index is -0.697. The molecule has 0 unspecified atom stereocenters. The summed E-state index contributed by atoms with van der Waals surface area (Å²) in [7, 11) is 1.59. The van der Waals surface area contributed by atoms with E-state index in [2.05, 4.69) is 15.6 Å². The summed E-state index contributed by atoms with van der Waals surface area (Å²) in [5.41, 5.74) is 1.49. The summed E-state index contributed by atoms with van der Waals surface area (Å²) in [6.07, 6.45) is -0.333. The second kappa shape index (κ2) is 5.88. The maximum Gasteiger partial charge on any atom is 0.269 e. The van der Waals surface area contributed by atoms with Gasteiger partial charge in [-0.05, 0) is 19.1 Å². The molecule has 0 saturated carbocycles. The summed E-state index contributed by atoms with van der Waals surface area (Å²) in [5.74, 6) is 1.35. The Morgan fingerprint density at radius 3 is 2.95 bits per heavy atom. The van der Waals surface area contributed by atoms with Crippen molar-refractivity contribution in [3.05, 3.63) is 41.7 Å². The number of para-hydroxylation sites is 1. The van der Waals surface area contributed by atoms with Gasteiger partial charge in [0, 0.05) is 18.1 Å². The zero-order valence-corrected chi connectivity index (χ0v) is 12.2. The van der Waals surface area contributed by atoms with E-state index in [4.69, 9.17) is 14.1 Å². The smallest absolute Gasteiger partial charge is 0.269 e. The van der Waals surface area contributed by atoms with E-state index in [0.29, 0.717) is 29.5 Å². The number of benzene rings is 1. The highest BCUT2D eigenvalue weighted by Gasteiger charge is 2.30. The number of ether oxygens (including phenoxy) is 1. The van der Waals surface area contributed by atoms with Crippen LogP contribution in [0.25, 0.3) is 0 Å². The van der Waals surface area contributed by atoms with Crippen molar-refractivity contribution < 1.29 is 18.9 Å². The Labute approximate surface area is 126 Å². The van der Waals surface area contributed by atoms with Gasteiger partial charge < -0.3 is 19.4 Å². The summed E-state index contributed by atoms with van der Waals surface area (Å²) in [6, 6.07) is 9.10. The minimum absolute atomic E-state index is 0.318. The Bertz CT molecular complexity index is 723. The van der Waals surface area contributed by atoms with E-state index >= 15 is 0 Å². The number of nitrogens with one attached hydrogen (secondary N) is 1. The Balaban J connectivity index is 1.67. The molecule has 0 fully saturated rings. The third-order valence-electron chi connectivity index (χ3n) is 3.26. The van der Waals surface area contributed by atoms with Crippen molar-refractivity contribution in [1.82, 2.24) is 5.16 Å². The first-order valence-electron chi connectivity index (χ1n) is 6.77. The van der Waals surface area contributed by atoms with Gasteiger partial charge in [0.05, 0.1) is 12.8 Å². The van der Waals surface area contributed by atoms with Crippen LogP contribution >= 0.6 is 0 Å². The molecule has 114 valence electrons. The molecule has 1 amide bonds. The highest BCUT2D eigenvalue weighted by molar-refractivity contribution is 6.07. The Morgan fingerprint density at radius 2 is 2.23 bits per heavy atom. The van der Waals surface area contributed by atoms with Crippen LogP contribution in [0.5, 0.6) is 5.75 Å². The third-order valence-corrected chi connectivity index (χ3v) is 3.26. The number of carbonyl (C=O) groups is 1. The normalized spacial score (nSPS) is 16.8. The molecular weight excluding hydrogens is 286 g/mol. The van der Waals surface area contributed by atoms with Gasteiger partial charge in [0.2, 0.25) is 6.10 Å². The SMILES string of the molecule is COc1ccccc1C1=NO[C@@H](C(=O)Nc2cc(C)on2)C1. The quantitative estimate of drug-likeness (QED) is 0.934. The number of carbonyl (C=O) groups excluding carboxylic acids is 1. The molecule has 1 aromatic heterocycles. The number of anilines is 1. The maximum absolute atomic E-state index is 12.1. The van der Waals surface area contributed by atoms with Crippen molar-refractivity contribution in [2.45, 2.75) is 19.4 Å². The van der Waals surface area contributed by atoms with Crippen LogP contribution in [0.15, 0.2) is 40.0 Å². The van der Waals surface area contributed by atoms with Gasteiger partial charge in [-0.2, -0.15) is 0 Å². The van der Waals surface area contributed by atoms with E-state index in [9.17, 15) is 4.79 Å². The lowest BCUT2D eigenvalue weighted by Gasteiger charge is -2.08. The van der Waals surface area contributed by atoms with Crippen LogP contribution in [-0.2, 0) is 9.63 Å². The van der Waals surface area contributed by atoms with Crippen molar-refractivity contribution >= 4 is 17.4 Å². The number of aromatic nitrogens is 1. The molecule has 0 aliphatic carbocycles. The monoisotopic (exact) mass is 301 g/mol. The minimum Gasteiger partial charge on any atom is -0.496 e. The number of oxime groups is 1. The number of hydrogen-bond donors (Lipinski definition) is 1. The van der Waals surface area contributed by atoms with Crippen molar-refractivity contribution in [1.29, 1.82) is 0 Å². The van der Waals surface area contributed by atoms with E-state index in [0.717, 1.165) is 5.56 Å². The van der Waals surface area contributed by atoms with Gasteiger partial charge in [-0.25, -0.2) is 0 Å². The summed E-state index contributed by atoms with van der Waals surface area (Å²) in [5, 5.41) is 10.3. The number of aryl methyl sites for hydroxylation is 1. The number of methoxy groups -OCH3 is 1. The number of amides is 1. The lowest BCUT2D eigenvalue weighted by Crippen LogP contribution is -2.28. The Hall–Kier alpha value is -2.83. The summed E-state index contributed by atoms with van der Waals surface area (Å²) >= 11 is 0. The standard InChI is InChI=1S/C15H15N3O4/c1-9-7-14(18-21-9)16-15(19)13-8-11(17-22-13)10-5-3-4-6-12(10)20-2/h3-7,13H,8H2,1-2H3,(H,16,18,19)/t13-/m1/s1. The third kappa shape index (κ3) is 2.78. The van der Waals surface area contributed by atoms with Crippen LogP contribution < -0.4 is 10.1 Å². The van der Waals surface area contributed by atoms with Crippen molar-refractivity contribution in [2.24, 2.45) is 5.16 Å². The second-order valence-corrected chi connectivity index (χ2v) is 4.85. The average Bonchev–Trinajstić information content (AvgIpc) is 3.16. The molecule has 1 aliphatic rings. The molecule has 0 radical (unpaired) electrons. The molecule has 1 aliphatic heterocycles. The fourth-order valence-corrected chi connectivity index (χ4v) is 2.19. The van der Waals surface area contributed by atoms with Crippen LogP contribution in [-0.4, -0.2) is 30.0 Å². The number of rotatable bonds is 4. The number of nitrogens with zero attached hydrogens (tertiary/aromatic N) is 2. The lowest BCUT2D eigenvalue weighted by molar-refractivity contribution is -0.125. The van der Waals surface area contributed by atoms with Crippen LogP contribution in [0.2, 0.25) is 0 Å². The summed E-state index contributed by atoms with van der Waals surface area (Å²) in [4.78, 5) is 17.4. The van der Waals surface area contributed by atoms with E-state index in [1.54, 1.807) is 20.1 Å². The van der Waals surface area contributed by atoms with Crippen molar-refractivity contribution in [3.63, 3.8) is 0 Å². The predicted molar refractivity (Wildman–Crippen MR) is 78.9 cm³/mol. The van der Waals surface area contributed by atoms with Crippen LogP contribution in [0.4, 0.5) is 5.82 Å². The van der Waals surface area contributed by atoms with Gasteiger partial charge in [0.25, 0.3) is 5.91 Å².